The number of H-pyrrole nitrogens is 1. The van der Waals surface area contributed by atoms with Crippen LogP contribution in [0.15, 0.2) is 55.0 Å². The Kier molecular flexibility index (Phi) is 7.07. The highest BCUT2D eigenvalue weighted by molar-refractivity contribution is 5.90. The van der Waals surface area contributed by atoms with Crippen molar-refractivity contribution in [3.05, 3.63) is 60.6 Å². The zero-order chi connectivity index (χ0) is 26.1. The van der Waals surface area contributed by atoms with Gasteiger partial charge in [-0.2, -0.15) is 26.3 Å². The average molecular weight is 513 g/mol. The van der Waals surface area contributed by atoms with E-state index in [4.69, 9.17) is 4.98 Å². The Labute approximate surface area is 204 Å². The molecule has 3 aromatic rings. The van der Waals surface area contributed by atoms with Gasteiger partial charge in [-0.3, -0.25) is 4.90 Å². The fourth-order valence-corrected chi connectivity index (χ4v) is 4.02. The summed E-state index contributed by atoms with van der Waals surface area (Å²) in [7, 11) is 0. The molecule has 0 bridgehead atoms. The molecule has 1 atom stereocenters. The zero-order valence-corrected chi connectivity index (χ0v) is 19.5. The highest BCUT2D eigenvalue weighted by Crippen LogP contribution is 2.31. The van der Waals surface area contributed by atoms with Crippen molar-refractivity contribution in [1.29, 1.82) is 0 Å². The first-order chi connectivity index (χ1) is 16.9. The number of rotatable bonds is 7. The third-order valence-electron chi connectivity index (χ3n) is 6.09. The Morgan fingerprint density at radius 1 is 1.00 bits per heavy atom. The minimum Gasteiger partial charge on any atom is -0.358 e. The van der Waals surface area contributed by atoms with Gasteiger partial charge in [-0.1, -0.05) is 13.5 Å². The van der Waals surface area contributed by atoms with E-state index in [1.54, 1.807) is 6.20 Å². The third kappa shape index (κ3) is 6.04. The molecular formula is C24H26F6N6. The first-order valence-corrected chi connectivity index (χ1v) is 11.3. The van der Waals surface area contributed by atoms with Gasteiger partial charge < -0.3 is 20.5 Å². The molecule has 1 aliphatic heterocycles. The predicted octanol–water partition coefficient (Wildman–Crippen LogP) is 5.90. The van der Waals surface area contributed by atoms with E-state index in [-0.39, 0.29) is 6.54 Å². The Morgan fingerprint density at radius 3 is 2.28 bits per heavy atom. The first kappa shape index (κ1) is 25.7. The van der Waals surface area contributed by atoms with Gasteiger partial charge in [0.25, 0.3) is 0 Å². The normalized spacial score (nSPS) is 16.2. The van der Waals surface area contributed by atoms with Crippen molar-refractivity contribution in [2.75, 3.05) is 48.3 Å². The second-order valence-corrected chi connectivity index (χ2v) is 8.80. The summed E-state index contributed by atoms with van der Waals surface area (Å²) in [6.45, 7) is 7.18. The van der Waals surface area contributed by atoms with Crippen molar-refractivity contribution in [2.45, 2.75) is 19.3 Å². The van der Waals surface area contributed by atoms with E-state index in [1.807, 2.05) is 21.9 Å². The summed E-state index contributed by atoms with van der Waals surface area (Å²) < 4.78 is 76.9. The molecule has 12 heteroatoms. The first-order valence-electron chi connectivity index (χ1n) is 11.3. The zero-order valence-electron chi connectivity index (χ0n) is 19.5. The topological polar surface area (TPSA) is 59.2 Å². The van der Waals surface area contributed by atoms with Gasteiger partial charge in [0, 0.05) is 44.6 Å². The Bertz CT molecular complexity index is 1190. The molecule has 1 aliphatic rings. The largest absolute Gasteiger partial charge is 0.416 e. The van der Waals surface area contributed by atoms with E-state index in [0.29, 0.717) is 54.7 Å². The quantitative estimate of drug-likeness (QED) is 0.345. The Hall–Kier alpha value is -3.41. The lowest BCUT2D eigenvalue weighted by Gasteiger charge is -2.36. The maximum Gasteiger partial charge on any atom is 0.416 e. The highest BCUT2D eigenvalue weighted by atomic mass is 19.4. The number of hydrogen-bond donors (Lipinski definition) is 3. The van der Waals surface area contributed by atoms with Crippen molar-refractivity contribution in [2.24, 2.45) is 5.92 Å². The molecule has 6 nitrogen and oxygen atoms in total. The summed E-state index contributed by atoms with van der Waals surface area (Å²) in [6, 6.07) is 8.32. The molecule has 3 heterocycles. The van der Waals surface area contributed by atoms with Crippen LogP contribution in [0.25, 0.3) is 11.0 Å². The number of anilines is 3. The molecule has 0 aliphatic carbocycles. The molecule has 0 spiro atoms. The maximum absolute atomic E-state index is 12.9. The number of nitrogens with zero attached hydrogens (tertiary/aromatic N) is 3. The van der Waals surface area contributed by atoms with E-state index in [2.05, 4.69) is 22.2 Å². The van der Waals surface area contributed by atoms with E-state index in [1.165, 1.54) is 19.1 Å². The lowest BCUT2D eigenvalue weighted by molar-refractivity contribution is -0.174. The van der Waals surface area contributed by atoms with Crippen LogP contribution in [0.1, 0.15) is 12.5 Å². The van der Waals surface area contributed by atoms with Crippen molar-refractivity contribution in [3.8, 4) is 0 Å². The molecule has 0 amide bonds. The van der Waals surface area contributed by atoms with Crippen LogP contribution in [0, 0.1) is 5.92 Å². The summed E-state index contributed by atoms with van der Waals surface area (Å²) in [5.41, 5.74) is 1.72. The summed E-state index contributed by atoms with van der Waals surface area (Å²) in [6.07, 6.45) is -6.90. The molecule has 1 fully saturated rings. The van der Waals surface area contributed by atoms with Crippen molar-refractivity contribution < 1.29 is 26.3 Å². The number of nitrogens with one attached hydrogen (secondary N) is 3. The fraction of sp³-hybridized carbons (Fsp3) is 0.375. The number of halogens is 6. The van der Waals surface area contributed by atoms with Crippen LogP contribution in [0.5, 0.6) is 0 Å². The second kappa shape index (κ2) is 9.92. The second-order valence-electron chi connectivity index (χ2n) is 8.80. The molecular weight excluding hydrogens is 486 g/mol. The van der Waals surface area contributed by atoms with Gasteiger partial charge >= 0.3 is 12.4 Å². The molecule has 1 aromatic carbocycles. The number of fused-ring (bicyclic) bond motifs is 1. The molecule has 4 rings (SSSR count). The number of pyridine rings is 1. The van der Waals surface area contributed by atoms with Crippen LogP contribution in [0.2, 0.25) is 0 Å². The number of aromatic amines is 1. The SMILES string of the molecule is C=C(Nc1ccc(C(F)(F)F)cc1)Nc1c[nH]c2ccc(N3CCN(CC(C)C(F)(F)F)CC3)nc12. The van der Waals surface area contributed by atoms with Gasteiger partial charge in [-0.05, 0) is 36.4 Å². The van der Waals surface area contributed by atoms with E-state index in [0.717, 1.165) is 17.6 Å². The Morgan fingerprint density at radius 2 is 1.67 bits per heavy atom. The number of hydrogen-bond acceptors (Lipinski definition) is 5. The van der Waals surface area contributed by atoms with Crippen LogP contribution in [-0.4, -0.2) is 53.8 Å². The van der Waals surface area contributed by atoms with Crippen LogP contribution >= 0.6 is 0 Å². The average Bonchev–Trinajstić information content (AvgIpc) is 3.20. The third-order valence-corrected chi connectivity index (χ3v) is 6.09. The summed E-state index contributed by atoms with van der Waals surface area (Å²) >= 11 is 0. The lowest BCUT2D eigenvalue weighted by atomic mass is 10.1. The molecule has 1 unspecified atom stereocenters. The van der Waals surface area contributed by atoms with E-state index in [9.17, 15) is 26.3 Å². The smallest absolute Gasteiger partial charge is 0.358 e. The van der Waals surface area contributed by atoms with Crippen molar-refractivity contribution >= 4 is 28.2 Å². The minimum atomic E-state index is -4.41. The van der Waals surface area contributed by atoms with Crippen LogP contribution < -0.4 is 15.5 Å². The summed E-state index contributed by atoms with van der Waals surface area (Å²) in [4.78, 5) is 11.7. The summed E-state index contributed by atoms with van der Waals surface area (Å²) in [5, 5.41) is 6.00. The van der Waals surface area contributed by atoms with Gasteiger partial charge in [0.05, 0.1) is 22.7 Å². The Balaban J connectivity index is 1.38. The van der Waals surface area contributed by atoms with Crippen LogP contribution in [0.3, 0.4) is 0 Å². The molecule has 36 heavy (non-hydrogen) atoms. The lowest BCUT2D eigenvalue weighted by Crippen LogP contribution is -2.49. The number of aromatic nitrogens is 2. The molecule has 0 radical (unpaired) electrons. The van der Waals surface area contributed by atoms with E-state index >= 15 is 0 Å². The van der Waals surface area contributed by atoms with E-state index < -0.39 is 23.8 Å². The standard InChI is InChI=1S/C24H26F6N6/c1-15(23(25,26)27)14-35-9-11-36(12-10-35)21-8-7-19-22(34-21)20(13-31-19)33-16(2)32-18-5-3-17(4-6-18)24(28,29)30/h3-8,13,15,31-33H,2,9-12,14H2,1H3. The maximum atomic E-state index is 12.9. The number of piperazine rings is 1. The van der Waals surface area contributed by atoms with Gasteiger partial charge in [0.15, 0.2) is 0 Å². The molecule has 1 saturated heterocycles. The summed E-state index contributed by atoms with van der Waals surface area (Å²) in [5.74, 6) is -0.332. The highest BCUT2D eigenvalue weighted by Gasteiger charge is 2.37. The van der Waals surface area contributed by atoms with Crippen LogP contribution in [-0.2, 0) is 6.18 Å². The van der Waals surface area contributed by atoms with Crippen molar-refractivity contribution in [1.82, 2.24) is 14.9 Å². The van der Waals surface area contributed by atoms with Gasteiger partial charge in [-0.25, -0.2) is 4.98 Å². The monoisotopic (exact) mass is 512 g/mol. The molecule has 194 valence electrons. The fourth-order valence-electron chi connectivity index (χ4n) is 4.02. The number of alkyl halides is 6. The van der Waals surface area contributed by atoms with Gasteiger partial charge in [0.1, 0.15) is 17.2 Å². The van der Waals surface area contributed by atoms with Gasteiger partial charge in [-0.15, -0.1) is 0 Å². The molecule has 3 N–H and O–H groups in total. The van der Waals surface area contributed by atoms with Crippen molar-refractivity contribution in [3.63, 3.8) is 0 Å². The predicted molar refractivity (Wildman–Crippen MR) is 128 cm³/mol. The number of benzene rings is 1. The van der Waals surface area contributed by atoms with Crippen LogP contribution in [0.4, 0.5) is 43.5 Å². The molecule has 0 saturated carbocycles. The minimum absolute atomic E-state index is 0.0241. The van der Waals surface area contributed by atoms with Gasteiger partial charge in [0.2, 0.25) is 0 Å². The molecule has 2 aromatic heterocycles.